The van der Waals surface area contributed by atoms with Gasteiger partial charge in [-0.1, -0.05) is 24.3 Å². The highest BCUT2D eigenvalue weighted by Gasteiger charge is 2.49. The van der Waals surface area contributed by atoms with E-state index >= 15 is 0 Å². The molecule has 0 saturated carbocycles. The molecule has 2 aromatic rings. The van der Waals surface area contributed by atoms with Crippen LogP contribution in [0.2, 0.25) is 0 Å². The summed E-state index contributed by atoms with van der Waals surface area (Å²) in [7, 11) is 0. The second-order valence-corrected chi connectivity index (χ2v) is 5.82. The molecule has 2 aromatic carbocycles. The van der Waals surface area contributed by atoms with E-state index in [9.17, 15) is 9.18 Å². The number of benzene rings is 2. The Hall–Kier alpha value is -2.40. The maximum atomic E-state index is 12.9. The van der Waals surface area contributed by atoms with Gasteiger partial charge in [-0.3, -0.25) is 9.69 Å². The number of para-hydroxylation sites is 1. The summed E-state index contributed by atoms with van der Waals surface area (Å²) < 4.78 is 18.9. The fourth-order valence-electron chi connectivity index (χ4n) is 3.03. The summed E-state index contributed by atoms with van der Waals surface area (Å²) >= 11 is 0. The van der Waals surface area contributed by atoms with E-state index in [-0.39, 0.29) is 11.7 Å². The molecule has 4 nitrogen and oxygen atoms in total. The van der Waals surface area contributed by atoms with Gasteiger partial charge in [0.15, 0.2) is 0 Å². The zero-order chi connectivity index (χ0) is 15.2. The highest BCUT2D eigenvalue weighted by atomic mass is 19.1. The largest absolute Gasteiger partial charge is 0.464 e. The lowest BCUT2D eigenvalue weighted by Gasteiger charge is -2.51. The molecule has 0 bridgehead atoms. The van der Waals surface area contributed by atoms with Gasteiger partial charge in [0.25, 0.3) is 5.91 Å². The van der Waals surface area contributed by atoms with E-state index in [1.54, 1.807) is 18.2 Å². The Bertz CT molecular complexity index is 724. The van der Waals surface area contributed by atoms with Crippen molar-refractivity contribution in [3.05, 3.63) is 65.5 Å². The van der Waals surface area contributed by atoms with E-state index in [0.29, 0.717) is 30.9 Å². The third-order valence-corrected chi connectivity index (χ3v) is 4.06. The number of amides is 1. The van der Waals surface area contributed by atoms with Crippen molar-refractivity contribution in [1.29, 1.82) is 0 Å². The molecule has 2 heterocycles. The lowest BCUT2D eigenvalue weighted by Crippen LogP contribution is -2.74. The van der Waals surface area contributed by atoms with Gasteiger partial charge in [0, 0.05) is 6.54 Å². The number of fused-ring (bicyclic) bond motifs is 1. The number of nitrogens with one attached hydrogen (secondary N) is 1. The number of halogens is 1. The molecule has 0 aromatic heterocycles. The molecular formula is C17H15FN2O2. The summed E-state index contributed by atoms with van der Waals surface area (Å²) in [5.74, 6) is 0.305. The Labute approximate surface area is 127 Å². The predicted octanol–water partition coefficient (Wildman–Crippen LogP) is 2.16. The molecule has 1 spiro atoms. The molecule has 112 valence electrons. The first-order chi connectivity index (χ1) is 10.6. The van der Waals surface area contributed by atoms with Crippen LogP contribution in [-0.2, 0) is 6.54 Å². The predicted molar refractivity (Wildman–Crippen MR) is 78.9 cm³/mol. The van der Waals surface area contributed by atoms with Gasteiger partial charge in [-0.05, 0) is 29.8 Å². The van der Waals surface area contributed by atoms with Gasteiger partial charge < -0.3 is 10.1 Å². The molecule has 1 N–H and O–H groups in total. The first-order valence-corrected chi connectivity index (χ1v) is 7.21. The molecular weight excluding hydrogens is 283 g/mol. The van der Waals surface area contributed by atoms with E-state index in [2.05, 4.69) is 10.2 Å². The summed E-state index contributed by atoms with van der Waals surface area (Å²) in [5, 5.41) is 2.95. The number of carbonyl (C=O) groups is 1. The normalized spacial score (nSPS) is 19.0. The van der Waals surface area contributed by atoms with Gasteiger partial charge in [-0.15, -0.1) is 0 Å². The number of hydrogen-bond donors (Lipinski definition) is 1. The molecule has 0 atom stereocenters. The van der Waals surface area contributed by atoms with Crippen molar-refractivity contribution in [3.63, 3.8) is 0 Å². The summed E-state index contributed by atoms with van der Waals surface area (Å²) in [6.07, 6.45) is 0. The maximum absolute atomic E-state index is 12.9. The third kappa shape index (κ3) is 2.23. The minimum Gasteiger partial charge on any atom is -0.464 e. The Morgan fingerprint density at radius 3 is 2.64 bits per heavy atom. The van der Waals surface area contributed by atoms with Gasteiger partial charge in [0.1, 0.15) is 11.6 Å². The Morgan fingerprint density at radius 2 is 1.86 bits per heavy atom. The van der Waals surface area contributed by atoms with Crippen molar-refractivity contribution >= 4 is 5.91 Å². The molecule has 1 saturated heterocycles. The summed E-state index contributed by atoms with van der Waals surface area (Å²) in [6.45, 7) is 1.94. The molecule has 22 heavy (non-hydrogen) atoms. The number of likely N-dealkylation sites (tertiary alicyclic amines) is 1. The standard InChI is InChI=1S/C17H15FN2O2/c18-13-7-5-12(6-8-13)9-20-10-17(11-20)19-16(21)14-3-1-2-4-15(14)22-17/h1-8H,9-11H2,(H,19,21). The molecule has 5 heteroatoms. The Morgan fingerprint density at radius 1 is 1.14 bits per heavy atom. The molecule has 4 rings (SSSR count). The van der Waals surface area contributed by atoms with Crippen molar-refractivity contribution in [2.24, 2.45) is 0 Å². The van der Waals surface area contributed by atoms with Crippen molar-refractivity contribution in [3.8, 4) is 5.75 Å². The van der Waals surface area contributed by atoms with E-state index in [4.69, 9.17) is 4.74 Å². The van der Waals surface area contributed by atoms with Crippen molar-refractivity contribution in [2.45, 2.75) is 12.3 Å². The van der Waals surface area contributed by atoms with Crippen molar-refractivity contribution < 1.29 is 13.9 Å². The molecule has 2 aliphatic rings. The molecule has 0 unspecified atom stereocenters. The zero-order valence-electron chi connectivity index (χ0n) is 11.9. The lowest BCUT2D eigenvalue weighted by molar-refractivity contribution is -0.102. The fraction of sp³-hybridized carbons (Fsp3) is 0.235. The van der Waals surface area contributed by atoms with Crippen LogP contribution < -0.4 is 10.1 Å². The molecule has 2 aliphatic heterocycles. The van der Waals surface area contributed by atoms with Crippen LogP contribution in [0.5, 0.6) is 5.75 Å². The summed E-state index contributed by atoms with van der Waals surface area (Å²) in [4.78, 5) is 14.3. The van der Waals surface area contributed by atoms with Gasteiger partial charge >= 0.3 is 0 Å². The number of carbonyl (C=O) groups excluding carboxylic acids is 1. The Kier molecular flexibility index (Phi) is 2.90. The summed E-state index contributed by atoms with van der Waals surface area (Å²) in [5.41, 5.74) is 0.981. The van der Waals surface area contributed by atoms with E-state index in [0.717, 1.165) is 5.56 Å². The van der Waals surface area contributed by atoms with Crippen LogP contribution in [0.1, 0.15) is 15.9 Å². The maximum Gasteiger partial charge on any atom is 0.258 e. The van der Waals surface area contributed by atoms with E-state index in [1.165, 1.54) is 12.1 Å². The molecule has 0 radical (unpaired) electrons. The van der Waals surface area contributed by atoms with Crippen LogP contribution in [0.15, 0.2) is 48.5 Å². The second kappa shape index (κ2) is 4.81. The van der Waals surface area contributed by atoms with Crippen LogP contribution in [0.4, 0.5) is 4.39 Å². The quantitative estimate of drug-likeness (QED) is 0.924. The average Bonchev–Trinajstić information content (AvgIpc) is 2.48. The van der Waals surface area contributed by atoms with Crippen LogP contribution in [-0.4, -0.2) is 29.6 Å². The molecule has 1 fully saturated rings. The van der Waals surface area contributed by atoms with Gasteiger partial charge in [0.05, 0.1) is 18.7 Å². The van der Waals surface area contributed by atoms with Gasteiger partial charge in [-0.25, -0.2) is 4.39 Å². The number of hydrogen-bond acceptors (Lipinski definition) is 3. The highest BCUT2D eigenvalue weighted by molar-refractivity contribution is 5.98. The lowest BCUT2D eigenvalue weighted by atomic mass is 9.99. The van der Waals surface area contributed by atoms with E-state index in [1.807, 2.05) is 18.2 Å². The van der Waals surface area contributed by atoms with Crippen LogP contribution >= 0.6 is 0 Å². The zero-order valence-corrected chi connectivity index (χ0v) is 11.9. The number of nitrogens with zero attached hydrogens (tertiary/aromatic N) is 1. The first-order valence-electron chi connectivity index (χ1n) is 7.21. The molecule has 0 aliphatic carbocycles. The SMILES string of the molecule is O=C1NC2(CN(Cc3ccc(F)cc3)C2)Oc2ccccc21. The second-order valence-electron chi connectivity index (χ2n) is 5.82. The number of ether oxygens (including phenoxy) is 1. The van der Waals surface area contributed by atoms with Gasteiger partial charge in [0.2, 0.25) is 5.72 Å². The molecule has 1 amide bonds. The minimum absolute atomic E-state index is 0.0942. The van der Waals surface area contributed by atoms with Crippen LogP contribution in [0, 0.1) is 5.82 Å². The topological polar surface area (TPSA) is 41.6 Å². The minimum atomic E-state index is -0.633. The average molecular weight is 298 g/mol. The monoisotopic (exact) mass is 298 g/mol. The Balaban J connectivity index is 1.45. The van der Waals surface area contributed by atoms with Crippen molar-refractivity contribution in [2.75, 3.05) is 13.1 Å². The summed E-state index contributed by atoms with van der Waals surface area (Å²) in [6, 6.07) is 13.7. The highest BCUT2D eigenvalue weighted by Crippen LogP contribution is 2.33. The first kappa shape index (κ1) is 13.3. The van der Waals surface area contributed by atoms with Crippen LogP contribution in [0.3, 0.4) is 0 Å². The fourth-order valence-corrected chi connectivity index (χ4v) is 3.03. The number of rotatable bonds is 2. The van der Waals surface area contributed by atoms with E-state index < -0.39 is 5.72 Å². The van der Waals surface area contributed by atoms with Crippen molar-refractivity contribution in [1.82, 2.24) is 10.2 Å². The van der Waals surface area contributed by atoms with Crippen LogP contribution in [0.25, 0.3) is 0 Å². The third-order valence-electron chi connectivity index (χ3n) is 4.06. The smallest absolute Gasteiger partial charge is 0.258 e. The van der Waals surface area contributed by atoms with Gasteiger partial charge in [-0.2, -0.15) is 0 Å².